The molecule has 25 heavy (non-hydrogen) atoms. The third-order valence-electron chi connectivity index (χ3n) is 3.31. The maximum absolute atomic E-state index is 13.1. The van der Waals surface area contributed by atoms with Crippen LogP contribution in [0.4, 0.5) is 8.78 Å². The van der Waals surface area contributed by atoms with Crippen LogP contribution in [0.15, 0.2) is 34.3 Å². The molecule has 3 unspecified atom stereocenters. The molecule has 0 radical (unpaired) electrons. The number of benzene rings is 1. The fraction of sp³-hybridized carbons (Fsp3) is 0.500. The lowest BCUT2D eigenvalue weighted by atomic mass is 10.1. The predicted molar refractivity (Wildman–Crippen MR) is 90.7 cm³/mol. The molecular formula is C16H22F2NO5S+. The van der Waals surface area contributed by atoms with Gasteiger partial charge in [-0.25, -0.2) is 8.78 Å². The van der Waals surface area contributed by atoms with Crippen molar-refractivity contribution in [3.8, 4) is 0 Å². The summed E-state index contributed by atoms with van der Waals surface area (Å²) < 4.78 is 36.1. The summed E-state index contributed by atoms with van der Waals surface area (Å²) in [5.41, 5.74) is 0.679. The minimum absolute atomic E-state index is 0.290. The van der Waals surface area contributed by atoms with Crippen molar-refractivity contribution in [1.82, 2.24) is 0 Å². The van der Waals surface area contributed by atoms with Crippen LogP contribution in [0.25, 0.3) is 0 Å². The Bertz CT molecular complexity index is 582. The molecule has 0 bridgehead atoms. The SMILES string of the molecule is CCOC.CO[S+](c1ccc(C)cc1)C1C(C=O)=NOC1(O)C(F)F. The summed E-state index contributed by atoms with van der Waals surface area (Å²) in [6.07, 6.45) is -2.95. The first-order valence-electron chi connectivity index (χ1n) is 7.40. The van der Waals surface area contributed by atoms with Crippen LogP contribution in [0.1, 0.15) is 12.5 Å². The molecular weight excluding hydrogens is 356 g/mol. The Morgan fingerprint density at radius 2 is 1.96 bits per heavy atom. The fourth-order valence-electron chi connectivity index (χ4n) is 1.93. The molecule has 3 atom stereocenters. The zero-order chi connectivity index (χ0) is 19.0. The van der Waals surface area contributed by atoms with Crippen molar-refractivity contribution < 1.29 is 32.4 Å². The van der Waals surface area contributed by atoms with Crippen molar-refractivity contribution >= 4 is 23.2 Å². The highest BCUT2D eigenvalue weighted by Gasteiger charge is 2.66. The third kappa shape index (κ3) is 4.97. The molecule has 1 heterocycles. The Morgan fingerprint density at radius 3 is 2.36 bits per heavy atom. The lowest BCUT2D eigenvalue weighted by molar-refractivity contribution is -0.251. The van der Waals surface area contributed by atoms with Crippen LogP contribution in [0, 0.1) is 6.92 Å². The van der Waals surface area contributed by atoms with Gasteiger partial charge in [-0.2, -0.15) is 4.18 Å². The highest BCUT2D eigenvalue weighted by Crippen LogP contribution is 2.37. The predicted octanol–water partition coefficient (Wildman–Crippen LogP) is 2.09. The molecule has 0 saturated heterocycles. The fourth-order valence-corrected chi connectivity index (χ4v) is 3.77. The van der Waals surface area contributed by atoms with Gasteiger partial charge < -0.3 is 14.7 Å². The normalized spacial score (nSPS) is 23.4. The Balaban J connectivity index is 0.000000705. The Morgan fingerprint density at radius 1 is 1.40 bits per heavy atom. The molecule has 9 heteroatoms. The second kappa shape index (κ2) is 9.81. The number of hydrogen-bond acceptors (Lipinski definition) is 6. The quantitative estimate of drug-likeness (QED) is 0.606. The molecule has 6 nitrogen and oxygen atoms in total. The number of methoxy groups -OCH3 is 1. The summed E-state index contributed by atoms with van der Waals surface area (Å²) in [5, 5.41) is 11.9. The van der Waals surface area contributed by atoms with Gasteiger partial charge in [-0.05, 0) is 26.0 Å². The average molecular weight is 378 g/mol. The first kappa shape index (κ1) is 21.5. The number of aldehydes is 1. The Kier molecular flexibility index (Phi) is 8.43. The first-order chi connectivity index (χ1) is 11.8. The minimum atomic E-state index is -3.24. The standard InChI is InChI=1S/C13H14F2NO4S.C3H8O/c1-8-3-5-9(6-4-8)21(19-2)11-10(7-17)16-20-13(11,18)12(14)15;1-3-4-2/h3-7,11-12,18H,1-2H3;3H2,1-2H3/q+1;. The molecule has 0 spiro atoms. The van der Waals surface area contributed by atoms with E-state index in [0.29, 0.717) is 4.90 Å². The average Bonchev–Trinajstić information content (AvgIpc) is 2.96. The van der Waals surface area contributed by atoms with Crippen molar-refractivity contribution in [2.45, 2.75) is 36.2 Å². The number of halogens is 2. The van der Waals surface area contributed by atoms with Crippen LogP contribution >= 0.6 is 0 Å². The summed E-state index contributed by atoms with van der Waals surface area (Å²) in [6.45, 7) is 4.65. The summed E-state index contributed by atoms with van der Waals surface area (Å²) >= 11 is -1.32. The summed E-state index contributed by atoms with van der Waals surface area (Å²) in [7, 11) is 3.00. The maximum Gasteiger partial charge on any atom is 0.353 e. The van der Waals surface area contributed by atoms with Crippen molar-refractivity contribution in [3.05, 3.63) is 29.8 Å². The number of alkyl halides is 2. The van der Waals surface area contributed by atoms with E-state index in [1.54, 1.807) is 31.4 Å². The number of oxime groups is 1. The second-order valence-corrected chi connectivity index (χ2v) is 6.88. The molecule has 0 fully saturated rings. The van der Waals surface area contributed by atoms with Crippen LogP contribution in [0.2, 0.25) is 0 Å². The molecule has 1 aliphatic heterocycles. The van der Waals surface area contributed by atoms with Gasteiger partial charge in [0.2, 0.25) is 11.2 Å². The number of rotatable bonds is 6. The molecule has 0 saturated carbocycles. The second-order valence-electron chi connectivity index (χ2n) is 5.01. The van der Waals surface area contributed by atoms with E-state index in [1.807, 2.05) is 13.8 Å². The van der Waals surface area contributed by atoms with E-state index in [1.165, 1.54) is 7.11 Å². The summed E-state index contributed by atoms with van der Waals surface area (Å²) in [6, 6.07) is 6.94. The van der Waals surface area contributed by atoms with Gasteiger partial charge in [-0.1, -0.05) is 22.9 Å². The summed E-state index contributed by atoms with van der Waals surface area (Å²) in [5.74, 6) is -2.87. The van der Waals surface area contributed by atoms with Gasteiger partial charge in [0, 0.05) is 13.7 Å². The Labute approximate surface area is 148 Å². The van der Waals surface area contributed by atoms with Gasteiger partial charge >= 0.3 is 12.2 Å². The molecule has 0 amide bonds. The first-order valence-corrected chi connectivity index (χ1v) is 8.61. The van der Waals surface area contributed by atoms with Gasteiger partial charge in [0.25, 0.3) is 5.25 Å². The van der Waals surface area contributed by atoms with Crippen molar-refractivity contribution in [2.75, 3.05) is 20.8 Å². The molecule has 140 valence electrons. The Hall–Kier alpha value is -1.55. The van der Waals surface area contributed by atoms with E-state index in [-0.39, 0.29) is 12.0 Å². The lowest BCUT2D eigenvalue weighted by Gasteiger charge is -2.23. The van der Waals surface area contributed by atoms with Gasteiger partial charge in [-0.15, -0.1) is 0 Å². The minimum Gasteiger partial charge on any atom is -0.385 e. The van der Waals surface area contributed by atoms with Crippen LogP contribution in [-0.4, -0.2) is 55.4 Å². The van der Waals surface area contributed by atoms with E-state index < -0.39 is 28.6 Å². The van der Waals surface area contributed by atoms with Crippen LogP contribution in [0.5, 0.6) is 0 Å². The van der Waals surface area contributed by atoms with Gasteiger partial charge in [0.15, 0.2) is 16.9 Å². The molecule has 0 aliphatic carbocycles. The third-order valence-corrected chi connectivity index (χ3v) is 5.41. The zero-order valence-corrected chi connectivity index (χ0v) is 15.3. The van der Waals surface area contributed by atoms with Gasteiger partial charge in [0.1, 0.15) is 0 Å². The van der Waals surface area contributed by atoms with Gasteiger partial charge in [0.05, 0.1) is 7.11 Å². The zero-order valence-electron chi connectivity index (χ0n) is 14.4. The highest BCUT2D eigenvalue weighted by atomic mass is 32.2. The smallest absolute Gasteiger partial charge is 0.353 e. The summed E-state index contributed by atoms with van der Waals surface area (Å²) in [4.78, 5) is 16.0. The number of carbonyl (C=O) groups excluding carboxylic acids is 1. The number of hydrogen-bond donors (Lipinski definition) is 1. The van der Waals surface area contributed by atoms with E-state index >= 15 is 0 Å². The van der Waals surface area contributed by atoms with E-state index in [4.69, 9.17) is 4.18 Å². The number of carbonyl (C=O) groups is 1. The van der Waals surface area contributed by atoms with Crippen molar-refractivity contribution in [3.63, 3.8) is 0 Å². The van der Waals surface area contributed by atoms with Crippen molar-refractivity contribution in [2.24, 2.45) is 5.16 Å². The largest absolute Gasteiger partial charge is 0.385 e. The topological polar surface area (TPSA) is 77.4 Å². The van der Waals surface area contributed by atoms with Crippen LogP contribution in [0.3, 0.4) is 0 Å². The van der Waals surface area contributed by atoms with E-state index in [2.05, 4.69) is 14.7 Å². The number of aryl methyl sites for hydroxylation is 1. The lowest BCUT2D eigenvalue weighted by Crippen LogP contribution is -2.54. The molecule has 0 aromatic heterocycles. The molecule has 2 rings (SSSR count). The molecule has 1 aromatic carbocycles. The van der Waals surface area contributed by atoms with Gasteiger partial charge in [-0.3, -0.25) is 4.79 Å². The van der Waals surface area contributed by atoms with Crippen molar-refractivity contribution in [1.29, 1.82) is 0 Å². The maximum atomic E-state index is 13.1. The van der Waals surface area contributed by atoms with E-state index in [0.717, 1.165) is 12.2 Å². The number of aliphatic hydroxyl groups is 1. The van der Waals surface area contributed by atoms with Crippen LogP contribution < -0.4 is 0 Å². The highest BCUT2D eigenvalue weighted by molar-refractivity contribution is 7.94. The number of nitrogens with zero attached hydrogens (tertiary/aromatic N) is 1. The molecule has 1 aliphatic rings. The molecule has 1 aromatic rings. The monoisotopic (exact) mass is 378 g/mol. The molecule has 1 N–H and O–H groups in total. The van der Waals surface area contributed by atoms with Crippen LogP contribution in [-0.2, 0) is 29.7 Å². The number of ether oxygens (including phenoxy) is 1. The van der Waals surface area contributed by atoms with E-state index in [9.17, 15) is 18.7 Å².